The molecule has 2 N–H and O–H groups in total. The van der Waals surface area contributed by atoms with Crippen molar-refractivity contribution in [1.82, 2.24) is 20.3 Å². The molecule has 1 aromatic rings. The van der Waals surface area contributed by atoms with Gasteiger partial charge in [-0.1, -0.05) is 12.1 Å². The second-order valence-corrected chi connectivity index (χ2v) is 4.19. The number of nitrogens with one attached hydrogen (secondary N) is 1. The summed E-state index contributed by atoms with van der Waals surface area (Å²) < 4.78 is 6.33. The summed E-state index contributed by atoms with van der Waals surface area (Å²) in [5, 5.41) is 19.9. The Morgan fingerprint density at radius 3 is 3.00 bits per heavy atom. The molecule has 0 aliphatic heterocycles. The Kier molecular flexibility index (Phi) is 5.73. The van der Waals surface area contributed by atoms with Gasteiger partial charge in [-0.15, -0.1) is 5.10 Å². The number of carbonyl (C=O) groups is 1. The summed E-state index contributed by atoms with van der Waals surface area (Å²) in [6, 6.07) is -0.0493. The third-order valence-corrected chi connectivity index (χ3v) is 2.41. The van der Waals surface area contributed by atoms with Crippen molar-refractivity contribution in [2.45, 2.75) is 39.0 Å². The number of methoxy groups -OCH3 is 1. The first kappa shape index (κ1) is 14.6. The molecule has 0 aliphatic rings. The minimum absolute atomic E-state index is 0.0493. The van der Waals surface area contributed by atoms with E-state index < -0.39 is 6.10 Å². The zero-order chi connectivity index (χ0) is 13.5. The highest BCUT2D eigenvalue weighted by Crippen LogP contribution is 2.11. The summed E-state index contributed by atoms with van der Waals surface area (Å²) in [5.74, 6) is -0.165. The third kappa shape index (κ3) is 4.42. The Morgan fingerprint density at radius 2 is 2.39 bits per heavy atom. The number of rotatable bonds is 7. The van der Waals surface area contributed by atoms with Crippen molar-refractivity contribution in [2.75, 3.05) is 13.7 Å². The first-order valence-corrected chi connectivity index (χ1v) is 5.93. The summed E-state index contributed by atoms with van der Waals surface area (Å²) in [6.07, 6.45) is 1.51. The first-order chi connectivity index (χ1) is 8.56. The molecular weight excluding hydrogens is 236 g/mol. The van der Waals surface area contributed by atoms with E-state index in [4.69, 9.17) is 4.74 Å². The highest BCUT2D eigenvalue weighted by Gasteiger charge is 2.12. The van der Waals surface area contributed by atoms with Gasteiger partial charge in [0.15, 0.2) is 0 Å². The lowest BCUT2D eigenvalue weighted by molar-refractivity contribution is -0.122. The minimum Gasteiger partial charge on any atom is -0.387 e. The van der Waals surface area contributed by atoms with Crippen LogP contribution in [0.3, 0.4) is 0 Å². The lowest BCUT2D eigenvalue weighted by Crippen LogP contribution is -2.37. The number of amides is 1. The Balaban J connectivity index is 2.47. The standard InChI is InChI=1S/C11H20N4O3/c1-4-10(16)9-5-15(14-13-9)6-11(17)12-8(2)7-18-3/h5,8,10,16H,4,6-7H2,1-3H3,(H,12,17). The van der Waals surface area contributed by atoms with Crippen molar-refractivity contribution >= 4 is 5.91 Å². The van der Waals surface area contributed by atoms with Gasteiger partial charge in [0.25, 0.3) is 0 Å². The van der Waals surface area contributed by atoms with Crippen LogP contribution in [0.5, 0.6) is 0 Å². The molecule has 0 bridgehead atoms. The SMILES string of the molecule is CCC(O)c1cn(CC(=O)NC(C)COC)nn1. The van der Waals surface area contributed by atoms with E-state index >= 15 is 0 Å². The fourth-order valence-electron chi connectivity index (χ4n) is 1.51. The van der Waals surface area contributed by atoms with Crippen LogP contribution in [0.25, 0.3) is 0 Å². The highest BCUT2D eigenvalue weighted by atomic mass is 16.5. The average Bonchev–Trinajstić information content (AvgIpc) is 2.76. The van der Waals surface area contributed by atoms with Crippen LogP contribution in [0, 0.1) is 0 Å². The predicted octanol–water partition coefficient (Wildman–Crippen LogP) is -0.127. The molecule has 1 heterocycles. The lowest BCUT2D eigenvalue weighted by Gasteiger charge is -2.12. The Morgan fingerprint density at radius 1 is 1.67 bits per heavy atom. The molecule has 0 fully saturated rings. The van der Waals surface area contributed by atoms with Gasteiger partial charge in [0.1, 0.15) is 12.2 Å². The van der Waals surface area contributed by atoms with Gasteiger partial charge in [0.05, 0.1) is 18.9 Å². The van der Waals surface area contributed by atoms with Crippen molar-refractivity contribution < 1.29 is 14.6 Å². The van der Waals surface area contributed by atoms with Gasteiger partial charge >= 0.3 is 0 Å². The molecule has 0 aromatic carbocycles. The molecule has 7 heteroatoms. The van der Waals surface area contributed by atoms with Crippen LogP contribution in [0.2, 0.25) is 0 Å². The van der Waals surface area contributed by atoms with Gasteiger partial charge in [-0.25, -0.2) is 4.68 Å². The average molecular weight is 256 g/mol. The predicted molar refractivity (Wildman–Crippen MR) is 64.8 cm³/mol. The molecule has 7 nitrogen and oxygen atoms in total. The second kappa shape index (κ2) is 7.07. The number of aliphatic hydroxyl groups is 1. The quantitative estimate of drug-likeness (QED) is 0.709. The third-order valence-electron chi connectivity index (χ3n) is 2.41. The molecule has 0 radical (unpaired) electrons. The van der Waals surface area contributed by atoms with Gasteiger partial charge in [0, 0.05) is 13.2 Å². The lowest BCUT2D eigenvalue weighted by atomic mass is 10.2. The smallest absolute Gasteiger partial charge is 0.242 e. The van der Waals surface area contributed by atoms with E-state index in [0.29, 0.717) is 18.7 Å². The molecule has 102 valence electrons. The summed E-state index contributed by atoms with van der Waals surface area (Å²) in [7, 11) is 1.58. The number of ether oxygens (including phenoxy) is 1. The maximum atomic E-state index is 11.6. The van der Waals surface area contributed by atoms with Crippen molar-refractivity contribution in [3.63, 3.8) is 0 Å². The first-order valence-electron chi connectivity index (χ1n) is 5.93. The zero-order valence-corrected chi connectivity index (χ0v) is 11.0. The van der Waals surface area contributed by atoms with E-state index in [-0.39, 0.29) is 18.5 Å². The molecule has 0 spiro atoms. The van der Waals surface area contributed by atoms with Crippen LogP contribution < -0.4 is 5.32 Å². The van der Waals surface area contributed by atoms with E-state index in [2.05, 4.69) is 15.6 Å². The van der Waals surface area contributed by atoms with Gasteiger partial charge in [-0.05, 0) is 13.3 Å². The molecule has 2 atom stereocenters. The van der Waals surface area contributed by atoms with Crippen molar-refractivity contribution in [3.8, 4) is 0 Å². The van der Waals surface area contributed by atoms with Crippen LogP contribution in [0.1, 0.15) is 32.1 Å². The largest absolute Gasteiger partial charge is 0.387 e. The van der Waals surface area contributed by atoms with E-state index in [1.54, 1.807) is 13.3 Å². The Bertz CT molecular complexity index is 380. The van der Waals surface area contributed by atoms with E-state index in [1.165, 1.54) is 4.68 Å². The van der Waals surface area contributed by atoms with Gasteiger partial charge < -0.3 is 15.2 Å². The fourth-order valence-corrected chi connectivity index (χ4v) is 1.51. The van der Waals surface area contributed by atoms with Crippen LogP contribution in [-0.4, -0.2) is 45.8 Å². The minimum atomic E-state index is -0.630. The van der Waals surface area contributed by atoms with E-state index in [0.717, 1.165) is 0 Å². The fraction of sp³-hybridized carbons (Fsp3) is 0.727. The van der Waals surface area contributed by atoms with Crippen molar-refractivity contribution in [2.24, 2.45) is 0 Å². The molecule has 1 amide bonds. The van der Waals surface area contributed by atoms with Crippen LogP contribution in [0.15, 0.2) is 6.20 Å². The molecule has 0 saturated carbocycles. The Labute approximate surface area is 106 Å². The van der Waals surface area contributed by atoms with Crippen molar-refractivity contribution in [3.05, 3.63) is 11.9 Å². The Hall–Kier alpha value is -1.47. The zero-order valence-electron chi connectivity index (χ0n) is 11.0. The molecule has 1 rings (SSSR count). The normalized spacial score (nSPS) is 14.2. The molecule has 18 heavy (non-hydrogen) atoms. The molecule has 0 aliphatic carbocycles. The summed E-state index contributed by atoms with van der Waals surface area (Å²) in [5.41, 5.74) is 0.482. The van der Waals surface area contributed by atoms with Crippen LogP contribution in [-0.2, 0) is 16.1 Å². The second-order valence-electron chi connectivity index (χ2n) is 4.19. The molecule has 0 saturated heterocycles. The number of aliphatic hydroxyl groups excluding tert-OH is 1. The van der Waals surface area contributed by atoms with E-state index in [9.17, 15) is 9.90 Å². The van der Waals surface area contributed by atoms with Crippen LogP contribution >= 0.6 is 0 Å². The number of nitrogens with zero attached hydrogens (tertiary/aromatic N) is 3. The van der Waals surface area contributed by atoms with Gasteiger partial charge in [0.2, 0.25) is 5.91 Å². The number of aromatic nitrogens is 3. The maximum absolute atomic E-state index is 11.6. The summed E-state index contributed by atoms with van der Waals surface area (Å²) in [4.78, 5) is 11.6. The topological polar surface area (TPSA) is 89.3 Å². The number of carbonyl (C=O) groups excluding carboxylic acids is 1. The molecular formula is C11H20N4O3. The summed E-state index contributed by atoms with van der Waals surface area (Å²) in [6.45, 7) is 4.25. The van der Waals surface area contributed by atoms with Crippen molar-refractivity contribution in [1.29, 1.82) is 0 Å². The van der Waals surface area contributed by atoms with Crippen LogP contribution in [0.4, 0.5) is 0 Å². The van der Waals surface area contributed by atoms with E-state index in [1.807, 2.05) is 13.8 Å². The maximum Gasteiger partial charge on any atom is 0.242 e. The summed E-state index contributed by atoms with van der Waals surface area (Å²) >= 11 is 0. The number of hydrogen-bond acceptors (Lipinski definition) is 5. The van der Waals surface area contributed by atoms with Gasteiger partial charge in [-0.2, -0.15) is 0 Å². The monoisotopic (exact) mass is 256 g/mol. The molecule has 1 aromatic heterocycles. The van der Waals surface area contributed by atoms with Gasteiger partial charge in [-0.3, -0.25) is 4.79 Å². The molecule has 2 unspecified atom stereocenters. The highest BCUT2D eigenvalue weighted by molar-refractivity contribution is 5.75. The number of hydrogen-bond donors (Lipinski definition) is 2.